The summed E-state index contributed by atoms with van der Waals surface area (Å²) in [6.07, 6.45) is 8.71. The summed E-state index contributed by atoms with van der Waals surface area (Å²) in [7, 11) is 0. The first-order valence-electron chi connectivity index (χ1n) is 10.8. The number of benzene rings is 2. The molecule has 156 valence electrons. The van der Waals surface area contributed by atoms with Crippen molar-refractivity contribution in [1.82, 2.24) is 4.90 Å². The smallest absolute Gasteiger partial charge is 0.0712 e. The lowest BCUT2D eigenvalue weighted by Gasteiger charge is -2.36. The van der Waals surface area contributed by atoms with E-state index >= 15 is 0 Å². The first-order valence-corrected chi connectivity index (χ1v) is 10.8. The third kappa shape index (κ3) is 4.76. The summed E-state index contributed by atoms with van der Waals surface area (Å²) in [5, 5.41) is 0. The number of aryl methyl sites for hydroxylation is 1. The number of nitrogens with two attached hydrogens (primary N) is 1. The van der Waals surface area contributed by atoms with Crippen LogP contribution in [0.15, 0.2) is 91.1 Å². The van der Waals surface area contributed by atoms with Crippen molar-refractivity contribution in [3.05, 3.63) is 113 Å². The molecule has 30 heavy (non-hydrogen) atoms. The van der Waals surface area contributed by atoms with Gasteiger partial charge in [-0.3, -0.25) is 0 Å². The van der Waals surface area contributed by atoms with Crippen LogP contribution in [0, 0.1) is 12.8 Å². The molecule has 0 saturated heterocycles. The second-order valence-electron chi connectivity index (χ2n) is 8.28. The van der Waals surface area contributed by atoms with Crippen LogP contribution >= 0.6 is 0 Å². The standard InChI is InChI=1S/C28H34N2/c1-6-17-30(23(5)26-13-10-14-26)28(22(4)29)21(3)27-16-15-25(18-20(27)2)19-24-11-8-7-9-12-24/h6-9,11-12,15-18,26H,4-5,10,13-14,19,29H2,1-3H3/b17-6-,28-21+. The van der Waals surface area contributed by atoms with Crippen molar-refractivity contribution in [2.24, 2.45) is 11.7 Å². The van der Waals surface area contributed by atoms with Gasteiger partial charge in [0.2, 0.25) is 0 Å². The highest BCUT2D eigenvalue weighted by atomic mass is 15.1. The van der Waals surface area contributed by atoms with Gasteiger partial charge >= 0.3 is 0 Å². The van der Waals surface area contributed by atoms with Crippen LogP contribution in [-0.2, 0) is 6.42 Å². The summed E-state index contributed by atoms with van der Waals surface area (Å²) in [6, 6.07) is 17.3. The molecule has 0 unspecified atom stereocenters. The van der Waals surface area contributed by atoms with Gasteiger partial charge in [-0.15, -0.1) is 0 Å². The van der Waals surface area contributed by atoms with Crippen LogP contribution in [0.5, 0.6) is 0 Å². The lowest BCUT2D eigenvalue weighted by molar-refractivity contribution is 0.315. The summed E-state index contributed by atoms with van der Waals surface area (Å²) in [5.74, 6) is 0.526. The Morgan fingerprint density at radius 3 is 2.33 bits per heavy atom. The van der Waals surface area contributed by atoms with Crippen molar-refractivity contribution in [2.45, 2.75) is 46.5 Å². The van der Waals surface area contributed by atoms with Crippen LogP contribution in [0.25, 0.3) is 5.57 Å². The Morgan fingerprint density at radius 1 is 1.10 bits per heavy atom. The molecule has 0 aliphatic heterocycles. The highest BCUT2D eigenvalue weighted by Crippen LogP contribution is 2.38. The summed E-state index contributed by atoms with van der Waals surface area (Å²) < 4.78 is 0. The largest absolute Gasteiger partial charge is 0.398 e. The molecule has 0 atom stereocenters. The number of allylic oxidation sites excluding steroid dienone is 3. The Bertz CT molecular complexity index is 975. The average molecular weight is 399 g/mol. The summed E-state index contributed by atoms with van der Waals surface area (Å²) in [5.41, 5.74) is 15.2. The Morgan fingerprint density at radius 2 is 1.80 bits per heavy atom. The molecule has 2 aromatic carbocycles. The van der Waals surface area contributed by atoms with Crippen LogP contribution in [0.2, 0.25) is 0 Å². The molecular weight excluding hydrogens is 364 g/mol. The summed E-state index contributed by atoms with van der Waals surface area (Å²) in [4.78, 5) is 2.15. The van der Waals surface area contributed by atoms with Crippen molar-refractivity contribution in [2.75, 3.05) is 0 Å². The lowest BCUT2D eigenvalue weighted by atomic mass is 9.82. The highest BCUT2D eigenvalue weighted by Gasteiger charge is 2.26. The van der Waals surface area contributed by atoms with E-state index in [0.717, 1.165) is 23.4 Å². The van der Waals surface area contributed by atoms with E-state index in [4.69, 9.17) is 5.73 Å². The zero-order valence-electron chi connectivity index (χ0n) is 18.6. The number of rotatable bonds is 8. The molecule has 3 rings (SSSR count). The molecule has 1 fully saturated rings. The van der Waals surface area contributed by atoms with Crippen LogP contribution in [0.3, 0.4) is 0 Å². The topological polar surface area (TPSA) is 29.3 Å². The Labute approximate surface area is 182 Å². The predicted molar refractivity (Wildman–Crippen MR) is 129 cm³/mol. The second kappa shape index (κ2) is 9.67. The van der Waals surface area contributed by atoms with E-state index in [1.807, 2.05) is 13.0 Å². The zero-order valence-corrected chi connectivity index (χ0v) is 18.6. The van der Waals surface area contributed by atoms with Gasteiger partial charge in [-0.05, 0) is 73.8 Å². The SMILES string of the molecule is C=C(N)/C(=C(/C)c1ccc(Cc2ccccc2)cc1C)N(/C=C\C)C(=C)C1CCC1. The van der Waals surface area contributed by atoms with Crippen LogP contribution in [-0.4, -0.2) is 4.90 Å². The second-order valence-corrected chi connectivity index (χ2v) is 8.28. The van der Waals surface area contributed by atoms with Crippen molar-refractivity contribution in [3.63, 3.8) is 0 Å². The molecule has 0 spiro atoms. The van der Waals surface area contributed by atoms with Crippen LogP contribution in [0.1, 0.15) is 55.4 Å². The van der Waals surface area contributed by atoms with E-state index < -0.39 is 0 Å². The van der Waals surface area contributed by atoms with Crippen molar-refractivity contribution < 1.29 is 0 Å². The van der Waals surface area contributed by atoms with E-state index in [9.17, 15) is 0 Å². The van der Waals surface area contributed by atoms with Gasteiger partial charge in [0.1, 0.15) is 0 Å². The fourth-order valence-electron chi connectivity index (χ4n) is 4.19. The quantitative estimate of drug-likeness (QED) is 0.488. The van der Waals surface area contributed by atoms with Gasteiger partial charge in [0, 0.05) is 17.6 Å². The van der Waals surface area contributed by atoms with Crippen molar-refractivity contribution in [1.29, 1.82) is 0 Å². The van der Waals surface area contributed by atoms with Gasteiger partial charge in [0.25, 0.3) is 0 Å². The Hall–Kier alpha value is -3.00. The minimum atomic E-state index is 0.526. The van der Waals surface area contributed by atoms with Gasteiger partial charge in [-0.25, -0.2) is 0 Å². The minimum Gasteiger partial charge on any atom is -0.398 e. The maximum Gasteiger partial charge on any atom is 0.0712 e. The van der Waals surface area contributed by atoms with Crippen LogP contribution < -0.4 is 5.73 Å². The molecule has 1 saturated carbocycles. The van der Waals surface area contributed by atoms with Crippen molar-refractivity contribution >= 4 is 5.57 Å². The Kier molecular flexibility index (Phi) is 6.99. The van der Waals surface area contributed by atoms with E-state index in [2.05, 4.69) is 86.6 Å². The van der Waals surface area contributed by atoms with Crippen LogP contribution in [0.4, 0.5) is 0 Å². The highest BCUT2D eigenvalue weighted by molar-refractivity contribution is 5.73. The molecule has 0 amide bonds. The number of hydrogen-bond acceptors (Lipinski definition) is 2. The van der Waals surface area contributed by atoms with Gasteiger partial charge in [0.05, 0.1) is 5.70 Å². The van der Waals surface area contributed by atoms with Gasteiger partial charge < -0.3 is 10.6 Å². The number of nitrogens with zero attached hydrogens (tertiary/aromatic N) is 1. The monoisotopic (exact) mass is 398 g/mol. The van der Waals surface area contributed by atoms with Gasteiger partial charge in [0.15, 0.2) is 0 Å². The maximum atomic E-state index is 6.32. The molecule has 0 aromatic heterocycles. The third-order valence-corrected chi connectivity index (χ3v) is 6.03. The summed E-state index contributed by atoms with van der Waals surface area (Å²) >= 11 is 0. The molecule has 1 aliphatic rings. The molecule has 2 N–H and O–H groups in total. The van der Waals surface area contributed by atoms with E-state index in [0.29, 0.717) is 11.6 Å². The molecule has 2 aromatic rings. The molecule has 2 heteroatoms. The molecule has 0 bridgehead atoms. The van der Waals surface area contributed by atoms with Gasteiger partial charge in [-0.1, -0.05) is 74.2 Å². The molecular formula is C28H34N2. The van der Waals surface area contributed by atoms with Crippen molar-refractivity contribution in [3.8, 4) is 0 Å². The number of hydrogen-bond donors (Lipinski definition) is 1. The van der Waals surface area contributed by atoms with E-state index in [1.54, 1.807) is 0 Å². The maximum absolute atomic E-state index is 6.32. The fraction of sp³-hybridized carbons (Fsp3) is 0.286. The molecule has 2 nitrogen and oxygen atoms in total. The fourth-order valence-corrected chi connectivity index (χ4v) is 4.19. The minimum absolute atomic E-state index is 0.526. The Balaban J connectivity index is 1.97. The predicted octanol–water partition coefficient (Wildman–Crippen LogP) is 6.94. The molecule has 1 aliphatic carbocycles. The van der Waals surface area contributed by atoms with E-state index in [-0.39, 0.29) is 0 Å². The van der Waals surface area contributed by atoms with Gasteiger partial charge in [-0.2, -0.15) is 0 Å². The summed E-state index contributed by atoms with van der Waals surface area (Å²) in [6.45, 7) is 14.8. The molecule has 0 heterocycles. The van der Waals surface area contributed by atoms with E-state index in [1.165, 1.54) is 41.5 Å². The first kappa shape index (κ1) is 21.7. The molecule has 0 radical (unpaired) electrons. The third-order valence-electron chi connectivity index (χ3n) is 6.03. The normalized spacial score (nSPS) is 14.9. The average Bonchev–Trinajstić information content (AvgIpc) is 2.66. The lowest BCUT2D eigenvalue weighted by Crippen LogP contribution is -2.28. The zero-order chi connectivity index (χ0) is 21.7. The first-order chi connectivity index (χ1) is 14.4.